The van der Waals surface area contributed by atoms with Crippen LogP contribution in [0, 0.1) is 0 Å². The van der Waals surface area contributed by atoms with Gasteiger partial charge in [0.05, 0.1) is 7.82 Å². The normalized spacial score (nSPS) is 8.43. The zero-order chi connectivity index (χ0) is 4.50. The Balaban J connectivity index is -0.0000000800. The molecule has 0 aromatic heterocycles. The van der Waals surface area contributed by atoms with Crippen molar-refractivity contribution < 1.29 is 41.0 Å². The second-order valence-electron chi connectivity index (χ2n) is 0.469. The maximum atomic E-state index is 8.66. The average Bonchev–Trinajstić information content (AvgIpc) is 0.722. The maximum Gasteiger partial charge on any atom is 0.0557 e. The minimum atomic E-state index is -5.14. The van der Waals surface area contributed by atoms with Crippen LogP contribution >= 0.6 is 7.82 Å². The zero-order valence-electron chi connectivity index (χ0n) is 3.62. The molecule has 0 aliphatic carbocycles. The molecule has 0 amide bonds. The van der Waals surface area contributed by atoms with E-state index in [0.29, 0.717) is 0 Å². The van der Waals surface area contributed by atoms with Gasteiger partial charge in [-0.2, -0.15) is 0 Å². The Morgan fingerprint density at radius 2 is 1.43 bits per heavy atom. The van der Waals surface area contributed by atoms with E-state index in [0.717, 1.165) is 0 Å². The summed E-state index contributed by atoms with van der Waals surface area (Å²) in [6.07, 6.45) is 0. The summed E-state index contributed by atoms with van der Waals surface area (Å²) in [5, 5.41) is 0. The van der Waals surface area contributed by atoms with Crippen molar-refractivity contribution in [1.82, 2.24) is 6.15 Å². The summed E-state index contributed by atoms with van der Waals surface area (Å²) in [5.74, 6) is 0. The molecule has 0 radical (unpaired) electrons. The molecule has 5 N–H and O–H groups in total. The smallest absolute Gasteiger partial charge is 0.0557 e. The van der Waals surface area contributed by atoms with Crippen LogP contribution in [0.3, 0.4) is 0 Å². The molecule has 0 saturated carbocycles. The monoisotopic (exact) mass is 162 g/mol. The summed E-state index contributed by atoms with van der Waals surface area (Å²) in [5.41, 5.74) is 0. The first-order chi connectivity index (χ1) is 2.00. The summed E-state index contributed by atoms with van der Waals surface area (Å²) in [4.78, 5) is 24.3. The van der Waals surface area contributed by atoms with Gasteiger partial charge in [-0.25, -0.2) is 0 Å². The van der Waals surface area contributed by atoms with E-state index in [1.807, 2.05) is 0 Å². The van der Waals surface area contributed by atoms with Crippen molar-refractivity contribution in [1.29, 1.82) is 0 Å². The van der Waals surface area contributed by atoms with Crippen LogP contribution in [0.4, 0.5) is 0 Å². The van der Waals surface area contributed by atoms with Crippen molar-refractivity contribution >= 4 is 7.82 Å². The molecule has 0 atom stereocenters. The first-order valence-corrected chi connectivity index (χ1v) is 2.24. The molecular weight excluding hydrogens is 157 g/mol. The van der Waals surface area contributed by atoms with Gasteiger partial charge in [0, 0.05) is 21.7 Å². The van der Waals surface area contributed by atoms with Gasteiger partial charge in [-0.15, -0.1) is 0 Å². The van der Waals surface area contributed by atoms with Crippen molar-refractivity contribution in [2.75, 3.05) is 0 Å². The van der Waals surface area contributed by atoms with Crippen LogP contribution in [0.15, 0.2) is 0 Å². The molecular formula is H5NO4PTi-. The van der Waals surface area contributed by atoms with E-state index in [1.165, 1.54) is 0 Å². The van der Waals surface area contributed by atoms with E-state index >= 15 is 0 Å². The van der Waals surface area contributed by atoms with E-state index in [9.17, 15) is 0 Å². The number of hydrogen-bond acceptors (Lipinski definition) is 3. The Hall–Kier alpha value is 0.784. The molecule has 7 heteroatoms. The van der Waals surface area contributed by atoms with Crippen LogP contribution < -0.4 is 15.9 Å². The van der Waals surface area contributed by atoms with E-state index in [1.54, 1.807) is 0 Å². The SMILES string of the molecule is O=P([O-])([O-])O.[NH4+].[Ti]. The van der Waals surface area contributed by atoms with E-state index < -0.39 is 7.82 Å². The largest absolute Gasteiger partial charge is 0.790 e. The quantitative estimate of drug-likeness (QED) is 0.321. The fourth-order valence-electron chi connectivity index (χ4n) is 0. The summed E-state index contributed by atoms with van der Waals surface area (Å²) in [6, 6.07) is 0. The molecule has 0 aromatic carbocycles. The molecule has 0 heterocycles. The minimum absolute atomic E-state index is 0. The van der Waals surface area contributed by atoms with Gasteiger partial charge >= 0.3 is 0 Å². The van der Waals surface area contributed by atoms with Gasteiger partial charge in [0.25, 0.3) is 0 Å². The van der Waals surface area contributed by atoms with Crippen LogP contribution in [-0.4, -0.2) is 4.89 Å². The van der Waals surface area contributed by atoms with Crippen LogP contribution in [0.5, 0.6) is 0 Å². The minimum Gasteiger partial charge on any atom is -0.790 e. The predicted molar refractivity (Wildman–Crippen MR) is 15.8 cm³/mol. The number of hydrogen-bond donors (Lipinski definition) is 2. The first kappa shape index (κ1) is 15.7. The molecule has 0 aliphatic heterocycles. The summed E-state index contributed by atoms with van der Waals surface area (Å²) < 4.78 is 8.66. The van der Waals surface area contributed by atoms with Crippen LogP contribution in [-0.2, 0) is 26.3 Å². The Kier molecular flexibility index (Phi) is 11.0. The summed E-state index contributed by atoms with van der Waals surface area (Å²) in [6.45, 7) is 0. The van der Waals surface area contributed by atoms with Gasteiger partial charge in [0.1, 0.15) is 0 Å². The first-order valence-electron chi connectivity index (χ1n) is 0.748. The molecule has 0 rings (SSSR count). The molecule has 0 bridgehead atoms. The Labute approximate surface area is 55.4 Å². The van der Waals surface area contributed by atoms with Crippen LogP contribution in [0.2, 0.25) is 0 Å². The van der Waals surface area contributed by atoms with Crippen molar-refractivity contribution in [3.63, 3.8) is 0 Å². The van der Waals surface area contributed by atoms with Crippen LogP contribution in [0.25, 0.3) is 0 Å². The molecule has 0 aromatic rings. The second-order valence-corrected chi connectivity index (χ2v) is 1.41. The maximum absolute atomic E-state index is 8.66. The van der Waals surface area contributed by atoms with Gasteiger partial charge in [0.15, 0.2) is 0 Å². The van der Waals surface area contributed by atoms with Gasteiger partial charge in [0.2, 0.25) is 0 Å². The Bertz CT molecular complexity index is 57.8. The van der Waals surface area contributed by atoms with Crippen molar-refractivity contribution in [3.05, 3.63) is 0 Å². The molecule has 7 heavy (non-hydrogen) atoms. The summed E-state index contributed by atoms with van der Waals surface area (Å²) >= 11 is 0. The molecule has 0 fully saturated rings. The standard InChI is InChI=1S/H3N.H3O4P.Ti/c;1-5(2,3)4;/h1H3;(H3,1,2,3,4);/p-1. The number of quaternary nitrogens is 1. The molecule has 5 nitrogen and oxygen atoms in total. The van der Waals surface area contributed by atoms with Gasteiger partial charge in [-0.3, -0.25) is 0 Å². The summed E-state index contributed by atoms with van der Waals surface area (Å²) in [7, 11) is -5.14. The fraction of sp³-hybridized carbons (Fsp3) is 0. The van der Waals surface area contributed by atoms with Crippen molar-refractivity contribution in [2.24, 2.45) is 0 Å². The Morgan fingerprint density at radius 3 is 1.43 bits per heavy atom. The fourth-order valence-corrected chi connectivity index (χ4v) is 0. The van der Waals surface area contributed by atoms with Gasteiger partial charge < -0.3 is 25.4 Å². The van der Waals surface area contributed by atoms with E-state index in [4.69, 9.17) is 19.2 Å². The predicted octanol–water partition coefficient (Wildman–Crippen LogP) is -1.82. The Morgan fingerprint density at radius 1 is 1.43 bits per heavy atom. The van der Waals surface area contributed by atoms with Crippen molar-refractivity contribution in [2.45, 2.75) is 0 Å². The topological polar surface area (TPSA) is 120 Å². The number of rotatable bonds is 0. The zero-order valence-corrected chi connectivity index (χ0v) is 6.08. The van der Waals surface area contributed by atoms with E-state index in [-0.39, 0.29) is 27.9 Å². The average molecular weight is 162 g/mol. The van der Waals surface area contributed by atoms with E-state index in [2.05, 4.69) is 0 Å². The third kappa shape index (κ3) is 252. The molecule has 0 aliphatic rings. The van der Waals surface area contributed by atoms with Crippen LogP contribution in [0.1, 0.15) is 0 Å². The molecule has 0 spiro atoms. The third-order valence-electron chi connectivity index (χ3n) is 0. The van der Waals surface area contributed by atoms with Gasteiger partial charge in [-0.05, 0) is 0 Å². The second kappa shape index (κ2) is 4.93. The molecule has 44 valence electrons. The third-order valence-corrected chi connectivity index (χ3v) is 0. The molecule has 0 unspecified atom stereocenters. The number of phosphoric acid groups is 1. The van der Waals surface area contributed by atoms with Gasteiger partial charge in [-0.1, -0.05) is 0 Å². The van der Waals surface area contributed by atoms with Crippen molar-refractivity contribution in [3.8, 4) is 0 Å². The molecule has 0 saturated heterocycles.